The molecule has 0 aliphatic carbocycles. The van der Waals surface area contributed by atoms with Crippen molar-refractivity contribution in [3.8, 4) is 0 Å². The van der Waals surface area contributed by atoms with Gasteiger partial charge in [0.1, 0.15) is 6.54 Å². The van der Waals surface area contributed by atoms with E-state index in [9.17, 15) is 9.90 Å². The molecule has 0 bridgehead atoms. The van der Waals surface area contributed by atoms with Crippen LogP contribution in [-0.2, 0) is 15.6 Å². The number of anilines is 1. The molecule has 2 aliphatic heterocycles. The summed E-state index contributed by atoms with van der Waals surface area (Å²) in [7, 11) is 0. The molecule has 0 atom stereocenters. The molecule has 5 heteroatoms. The van der Waals surface area contributed by atoms with Crippen molar-refractivity contribution in [1.29, 1.82) is 0 Å². The molecule has 2 aliphatic rings. The summed E-state index contributed by atoms with van der Waals surface area (Å²) in [5.41, 5.74) is 6.47. The molecule has 210 valence electrons. The number of allylic oxidation sites excluding steroid dienone is 2. The number of carbonyl (C=O) groups is 1. The Balaban J connectivity index is 0.00000337. The van der Waals surface area contributed by atoms with Crippen LogP contribution in [0.15, 0.2) is 96.2 Å². The number of nitrogens with zero attached hydrogens (tertiary/aromatic N) is 2. The van der Waals surface area contributed by atoms with E-state index in [-0.39, 0.29) is 34.8 Å². The predicted octanol–water partition coefficient (Wildman–Crippen LogP) is 5.11. The normalized spacial score (nSPS) is 18.1. The molecule has 0 saturated carbocycles. The summed E-state index contributed by atoms with van der Waals surface area (Å²) in [6.45, 7) is 14.6. The second-order valence-electron chi connectivity index (χ2n) is 11.9. The molecule has 0 amide bonds. The average Bonchev–Trinajstić information content (AvgIpc) is 3.30. The molecule has 4 aromatic rings. The lowest BCUT2D eigenvalue weighted by atomic mass is 9.79. The number of fused-ring (bicyclic) bond motifs is 6. The van der Waals surface area contributed by atoms with Crippen molar-refractivity contribution >= 4 is 44.6 Å². The highest BCUT2D eigenvalue weighted by Crippen LogP contribution is 2.51. The van der Waals surface area contributed by atoms with E-state index < -0.39 is 5.97 Å². The predicted molar refractivity (Wildman–Crippen MR) is 166 cm³/mol. The first-order valence-corrected chi connectivity index (χ1v) is 14.2. The van der Waals surface area contributed by atoms with E-state index in [1.807, 2.05) is 12.2 Å². The van der Waals surface area contributed by atoms with Crippen LogP contribution in [0.3, 0.4) is 0 Å². The van der Waals surface area contributed by atoms with Crippen LogP contribution in [-0.4, -0.2) is 34.5 Å². The van der Waals surface area contributed by atoms with Gasteiger partial charge >= 0.3 is 5.97 Å². The van der Waals surface area contributed by atoms with Crippen LogP contribution in [0.1, 0.15) is 52.7 Å². The number of halogens is 1. The third kappa shape index (κ3) is 4.32. The number of hydrogen-bond acceptors (Lipinski definition) is 2. The molecular weight excluding hydrogens is 619 g/mol. The fourth-order valence-electron chi connectivity index (χ4n) is 6.93. The Morgan fingerprint density at radius 1 is 0.829 bits per heavy atom. The van der Waals surface area contributed by atoms with Crippen molar-refractivity contribution in [2.75, 3.05) is 18.0 Å². The van der Waals surface area contributed by atoms with E-state index >= 15 is 0 Å². The van der Waals surface area contributed by atoms with Crippen molar-refractivity contribution in [2.24, 2.45) is 0 Å². The Labute approximate surface area is 259 Å². The fourth-order valence-corrected chi connectivity index (χ4v) is 6.93. The second kappa shape index (κ2) is 10.4. The zero-order chi connectivity index (χ0) is 28.4. The molecule has 0 saturated heterocycles. The summed E-state index contributed by atoms with van der Waals surface area (Å²) in [4.78, 5) is 15.2. The monoisotopic (exact) mass is 656 g/mol. The molecule has 0 aromatic heterocycles. The van der Waals surface area contributed by atoms with Gasteiger partial charge in [-0.2, -0.15) is 4.58 Å². The van der Waals surface area contributed by atoms with Crippen molar-refractivity contribution in [3.05, 3.63) is 107 Å². The van der Waals surface area contributed by atoms with Gasteiger partial charge < -0.3 is 34.0 Å². The first kappa shape index (κ1) is 29.1. The lowest BCUT2D eigenvalue weighted by molar-refractivity contribution is -0.431. The van der Waals surface area contributed by atoms with E-state index in [1.165, 1.54) is 44.0 Å². The largest absolute Gasteiger partial charge is 1.00 e. The minimum Gasteiger partial charge on any atom is -1.00 e. The summed E-state index contributed by atoms with van der Waals surface area (Å²) in [5, 5.41) is 15.3. The number of aliphatic carboxylic acids is 1. The number of carboxylic acids is 1. The maximum absolute atomic E-state index is 12.9. The van der Waals surface area contributed by atoms with Gasteiger partial charge in [-0.15, -0.1) is 0 Å². The highest BCUT2D eigenvalue weighted by molar-refractivity contribution is 6.11. The van der Waals surface area contributed by atoms with Crippen LogP contribution in [0, 0.1) is 0 Å². The molecule has 2 heterocycles. The van der Waals surface area contributed by atoms with E-state index in [4.69, 9.17) is 0 Å². The topological polar surface area (TPSA) is 43.5 Å². The first-order chi connectivity index (χ1) is 19.1. The van der Waals surface area contributed by atoms with Crippen LogP contribution in [0.2, 0.25) is 0 Å². The van der Waals surface area contributed by atoms with E-state index in [1.54, 1.807) is 0 Å². The summed E-state index contributed by atoms with van der Waals surface area (Å²) < 4.78 is 2.30. The van der Waals surface area contributed by atoms with Gasteiger partial charge in [-0.1, -0.05) is 80.6 Å². The Morgan fingerprint density at radius 3 is 2.02 bits per heavy atom. The first-order valence-electron chi connectivity index (χ1n) is 14.2. The third-order valence-corrected chi connectivity index (χ3v) is 9.01. The van der Waals surface area contributed by atoms with Gasteiger partial charge in [0.2, 0.25) is 5.69 Å². The SMILES string of the molecule is CCN1C(=CC(=CC2=[N+](CC)c3c(ccc4ccccc34)C2(C)C)C(=O)O)C(C)(C)c2ccc3ccccc3c21.[I-]. The fraction of sp³-hybridized carbons (Fsp3) is 0.278. The molecule has 0 spiro atoms. The smallest absolute Gasteiger partial charge is 0.335 e. The van der Waals surface area contributed by atoms with Gasteiger partial charge in [-0.05, 0) is 56.2 Å². The van der Waals surface area contributed by atoms with Gasteiger partial charge in [0.25, 0.3) is 0 Å². The summed E-state index contributed by atoms with van der Waals surface area (Å²) in [5.74, 6) is -0.916. The van der Waals surface area contributed by atoms with Crippen molar-refractivity contribution in [3.63, 3.8) is 0 Å². The van der Waals surface area contributed by atoms with E-state index in [2.05, 4.69) is 124 Å². The minimum absolute atomic E-state index is 0. The number of carboxylic acid groups (broad SMARTS) is 1. The Morgan fingerprint density at radius 2 is 1.41 bits per heavy atom. The Kier molecular flexibility index (Phi) is 7.39. The van der Waals surface area contributed by atoms with Crippen molar-refractivity contribution < 1.29 is 38.5 Å². The lowest BCUT2D eigenvalue weighted by Crippen LogP contribution is -3.00. The maximum Gasteiger partial charge on any atom is 0.335 e. The Hall–Kier alpha value is -3.45. The third-order valence-electron chi connectivity index (χ3n) is 9.01. The van der Waals surface area contributed by atoms with Crippen LogP contribution >= 0.6 is 0 Å². The highest BCUT2D eigenvalue weighted by atomic mass is 127. The minimum atomic E-state index is -0.916. The number of likely N-dealkylation sites (N-methyl/N-ethyl adjacent to an activating group) is 1. The lowest BCUT2D eigenvalue weighted by Gasteiger charge is -2.26. The maximum atomic E-state index is 12.9. The standard InChI is InChI=1S/C36H36N2O2.HI/c1-7-37-30(35(3,4)28-19-17-23-13-9-11-15-26(23)32(28)37)21-25(34(39)40)22-31-36(5,6)29-20-18-24-14-10-12-16-27(24)33(29)38(31)8-2;/h9-22H,7-8H2,1-6H3;1H. The zero-order valence-electron chi connectivity index (χ0n) is 24.6. The molecule has 6 rings (SSSR count). The molecule has 41 heavy (non-hydrogen) atoms. The van der Waals surface area contributed by atoms with Crippen LogP contribution < -0.4 is 28.9 Å². The molecule has 0 fully saturated rings. The van der Waals surface area contributed by atoms with Crippen molar-refractivity contribution in [1.82, 2.24) is 0 Å². The molecule has 0 radical (unpaired) electrons. The number of rotatable bonds is 5. The summed E-state index contributed by atoms with van der Waals surface area (Å²) in [6, 6.07) is 25.7. The summed E-state index contributed by atoms with van der Waals surface area (Å²) in [6.07, 6.45) is 3.83. The van der Waals surface area contributed by atoms with Gasteiger partial charge in [-0.25, -0.2) is 4.79 Å². The van der Waals surface area contributed by atoms with Crippen LogP contribution in [0.5, 0.6) is 0 Å². The van der Waals surface area contributed by atoms with Gasteiger partial charge in [0.15, 0.2) is 5.71 Å². The number of benzene rings is 4. The highest BCUT2D eigenvalue weighted by Gasteiger charge is 2.46. The number of hydrogen-bond donors (Lipinski definition) is 1. The van der Waals surface area contributed by atoms with E-state index in [0.29, 0.717) is 5.57 Å². The van der Waals surface area contributed by atoms with Crippen molar-refractivity contribution in [2.45, 2.75) is 52.4 Å². The quantitative estimate of drug-likeness (QED) is 0.185. The molecular formula is C36H37IN2O2. The van der Waals surface area contributed by atoms with Gasteiger partial charge in [0, 0.05) is 34.7 Å². The van der Waals surface area contributed by atoms with Crippen LogP contribution in [0.25, 0.3) is 21.5 Å². The van der Waals surface area contributed by atoms with Gasteiger partial charge in [0.05, 0.1) is 22.1 Å². The van der Waals surface area contributed by atoms with E-state index in [0.717, 1.165) is 24.5 Å². The van der Waals surface area contributed by atoms with Crippen LogP contribution in [0.4, 0.5) is 11.4 Å². The summed E-state index contributed by atoms with van der Waals surface area (Å²) >= 11 is 0. The molecule has 4 aromatic carbocycles. The average molecular weight is 657 g/mol. The molecule has 0 unspecified atom stereocenters. The van der Waals surface area contributed by atoms with Gasteiger partial charge in [-0.3, -0.25) is 0 Å². The Bertz CT molecular complexity index is 1810. The molecule has 1 N–H and O–H groups in total. The second-order valence-corrected chi connectivity index (χ2v) is 11.9. The molecule has 4 nitrogen and oxygen atoms in total. The zero-order valence-corrected chi connectivity index (χ0v) is 26.8.